The lowest BCUT2D eigenvalue weighted by Crippen LogP contribution is -2.18. The lowest BCUT2D eigenvalue weighted by Gasteiger charge is -2.05. The number of nitrogens with one attached hydrogen (secondary N) is 1. The molecule has 1 N–H and O–H groups in total. The lowest BCUT2D eigenvalue weighted by atomic mass is 10.2. The van der Waals surface area contributed by atoms with Gasteiger partial charge in [-0.1, -0.05) is 26.0 Å². The number of hydrogen-bond acceptors (Lipinski definition) is 3. The van der Waals surface area contributed by atoms with Gasteiger partial charge >= 0.3 is 0 Å². The fourth-order valence-corrected chi connectivity index (χ4v) is 2.33. The van der Waals surface area contributed by atoms with E-state index in [9.17, 15) is 0 Å². The van der Waals surface area contributed by atoms with Crippen molar-refractivity contribution in [2.75, 3.05) is 13.2 Å². The van der Waals surface area contributed by atoms with E-state index in [0.717, 1.165) is 19.7 Å². The summed E-state index contributed by atoms with van der Waals surface area (Å²) in [5.74, 6) is 0.707. The number of hydrogen-bond donors (Lipinski definition) is 1. The largest absolute Gasteiger partial charge is 0.372 e. The molecule has 0 amide bonds. The molecule has 1 heterocycles. The van der Waals surface area contributed by atoms with Gasteiger partial charge in [-0.3, -0.25) is 0 Å². The third kappa shape index (κ3) is 6.61. The molecular formula is C14H23NOS. The van der Waals surface area contributed by atoms with Crippen LogP contribution in [0.3, 0.4) is 0 Å². The van der Waals surface area contributed by atoms with Gasteiger partial charge in [-0.05, 0) is 31.5 Å². The highest BCUT2D eigenvalue weighted by atomic mass is 32.1. The van der Waals surface area contributed by atoms with Crippen LogP contribution in [-0.4, -0.2) is 13.2 Å². The second-order valence-electron chi connectivity index (χ2n) is 4.48. The molecule has 3 heteroatoms. The van der Waals surface area contributed by atoms with E-state index in [0.29, 0.717) is 12.5 Å². The first-order chi connectivity index (χ1) is 8.22. The van der Waals surface area contributed by atoms with Crippen LogP contribution in [0.4, 0.5) is 0 Å². The van der Waals surface area contributed by atoms with E-state index in [-0.39, 0.29) is 0 Å². The molecule has 0 aliphatic rings. The van der Waals surface area contributed by atoms with Gasteiger partial charge in [0.1, 0.15) is 0 Å². The van der Waals surface area contributed by atoms with Crippen molar-refractivity contribution in [1.29, 1.82) is 0 Å². The fraction of sp³-hybridized carbons (Fsp3) is 0.571. The van der Waals surface area contributed by atoms with Crippen molar-refractivity contribution in [2.45, 2.75) is 33.9 Å². The Kier molecular flexibility index (Phi) is 7.17. The highest BCUT2D eigenvalue weighted by Gasteiger charge is 2.00. The molecule has 1 rings (SSSR count). The Morgan fingerprint density at radius 2 is 2.12 bits per heavy atom. The monoisotopic (exact) mass is 253 g/mol. The number of ether oxygens (including phenoxy) is 1. The average molecular weight is 253 g/mol. The van der Waals surface area contributed by atoms with Crippen molar-refractivity contribution in [1.82, 2.24) is 5.32 Å². The summed E-state index contributed by atoms with van der Waals surface area (Å²) in [5, 5.41) is 3.45. The molecule has 0 fully saturated rings. The zero-order valence-electron chi connectivity index (χ0n) is 11.0. The summed E-state index contributed by atoms with van der Waals surface area (Å²) in [6.45, 7) is 9.92. The Morgan fingerprint density at radius 3 is 2.82 bits per heavy atom. The zero-order valence-corrected chi connectivity index (χ0v) is 11.8. The number of allylic oxidation sites excluding steroid dienone is 1. The van der Waals surface area contributed by atoms with Crippen molar-refractivity contribution in [3.05, 3.63) is 34.0 Å². The van der Waals surface area contributed by atoms with Crippen LogP contribution >= 0.6 is 11.3 Å². The smallest absolute Gasteiger partial charge is 0.0813 e. The van der Waals surface area contributed by atoms with Gasteiger partial charge < -0.3 is 10.1 Å². The standard InChI is InChI=1S/C14H23NOS/c1-4-5-8-16-11-14-7-6-13(17-14)10-15-9-12(2)3/h4-7,12,15H,8-11H2,1-3H3/b5-4+. The van der Waals surface area contributed by atoms with Gasteiger partial charge in [-0.2, -0.15) is 0 Å². The molecule has 1 aromatic heterocycles. The Balaban J connectivity index is 2.22. The summed E-state index contributed by atoms with van der Waals surface area (Å²) < 4.78 is 5.52. The molecule has 0 saturated carbocycles. The molecule has 0 aliphatic carbocycles. The van der Waals surface area contributed by atoms with Crippen LogP contribution in [0.1, 0.15) is 30.5 Å². The minimum Gasteiger partial charge on any atom is -0.372 e. The molecule has 1 aromatic rings. The fourth-order valence-electron chi connectivity index (χ4n) is 1.40. The molecule has 0 unspecified atom stereocenters. The summed E-state index contributed by atoms with van der Waals surface area (Å²) in [6.07, 6.45) is 4.04. The zero-order chi connectivity index (χ0) is 12.5. The van der Waals surface area contributed by atoms with Crippen LogP contribution in [0.2, 0.25) is 0 Å². The predicted molar refractivity (Wildman–Crippen MR) is 75.3 cm³/mol. The van der Waals surface area contributed by atoms with Crippen molar-refractivity contribution >= 4 is 11.3 Å². The molecule has 2 nitrogen and oxygen atoms in total. The van der Waals surface area contributed by atoms with Gasteiger partial charge in [0.15, 0.2) is 0 Å². The maximum atomic E-state index is 5.52. The molecular weight excluding hydrogens is 230 g/mol. The molecule has 0 atom stereocenters. The van der Waals surface area contributed by atoms with Crippen molar-refractivity contribution in [3.63, 3.8) is 0 Å². The molecule has 0 bridgehead atoms. The molecule has 0 aliphatic heterocycles. The molecule has 17 heavy (non-hydrogen) atoms. The first-order valence-electron chi connectivity index (χ1n) is 6.19. The van der Waals surface area contributed by atoms with E-state index >= 15 is 0 Å². The van der Waals surface area contributed by atoms with Crippen LogP contribution in [0, 0.1) is 5.92 Å². The minimum absolute atomic E-state index is 0.704. The van der Waals surface area contributed by atoms with E-state index in [1.54, 1.807) is 0 Å². The van der Waals surface area contributed by atoms with Crippen LogP contribution in [0.25, 0.3) is 0 Å². The predicted octanol–water partition coefficient (Wildman–Crippen LogP) is 3.59. The lowest BCUT2D eigenvalue weighted by molar-refractivity contribution is 0.151. The Hall–Kier alpha value is -0.640. The maximum Gasteiger partial charge on any atom is 0.0813 e. The SMILES string of the molecule is C/C=C/COCc1ccc(CNCC(C)C)s1. The van der Waals surface area contributed by atoms with Gasteiger partial charge in [-0.25, -0.2) is 0 Å². The molecule has 0 saturated heterocycles. The van der Waals surface area contributed by atoms with Crippen LogP contribution < -0.4 is 5.32 Å². The second kappa shape index (κ2) is 8.45. The summed E-state index contributed by atoms with van der Waals surface area (Å²) >= 11 is 1.83. The third-order valence-corrected chi connectivity index (χ3v) is 3.32. The van der Waals surface area contributed by atoms with E-state index in [1.807, 2.05) is 30.4 Å². The van der Waals surface area contributed by atoms with Gasteiger partial charge in [0, 0.05) is 16.3 Å². The average Bonchev–Trinajstić information content (AvgIpc) is 2.72. The van der Waals surface area contributed by atoms with Crippen molar-refractivity contribution in [2.24, 2.45) is 5.92 Å². The van der Waals surface area contributed by atoms with Gasteiger partial charge in [0.05, 0.1) is 13.2 Å². The quantitative estimate of drug-likeness (QED) is 0.565. The van der Waals surface area contributed by atoms with Crippen molar-refractivity contribution < 1.29 is 4.74 Å². The first kappa shape index (κ1) is 14.4. The molecule has 0 spiro atoms. The number of thiophene rings is 1. The topological polar surface area (TPSA) is 21.3 Å². The Labute approximate surface area is 109 Å². The summed E-state index contributed by atoms with van der Waals surface area (Å²) in [4.78, 5) is 2.69. The summed E-state index contributed by atoms with van der Waals surface area (Å²) in [5.41, 5.74) is 0. The summed E-state index contributed by atoms with van der Waals surface area (Å²) in [6, 6.07) is 4.35. The molecule has 0 radical (unpaired) electrons. The van der Waals surface area contributed by atoms with Gasteiger partial charge in [-0.15, -0.1) is 11.3 Å². The van der Waals surface area contributed by atoms with Crippen LogP contribution in [0.5, 0.6) is 0 Å². The Morgan fingerprint density at radius 1 is 1.35 bits per heavy atom. The van der Waals surface area contributed by atoms with Crippen molar-refractivity contribution in [3.8, 4) is 0 Å². The maximum absolute atomic E-state index is 5.52. The minimum atomic E-state index is 0.704. The van der Waals surface area contributed by atoms with E-state index in [2.05, 4.69) is 31.3 Å². The number of rotatable bonds is 8. The second-order valence-corrected chi connectivity index (χ2v) is 5.73. The van der Waals surface area contributed by atoms with Gasteiger partial charge in [0.25, 0.3) is 0 Å². The summed E-state index contributed by atoms with van der Waals surface area (Å²) in [7, 11) is 0. The molecule has 0 aromatic carbocycles. The van der Waals surface area contributed by atoms with E-state index < -0.39 is 0 Å². The van der Waals surface area contributed by atoms with E-state index in [4.69, 9.17) is 4.74 Å². The normalized spacial score (nSPS) is 11.8. The third-order valence-electron chi connectivity index (χ3n) is 2.26. The van der Waals surface area contributed by atoms with Crippen LogP contribution in [-0.2, 0) is 17.9 Å². The molecule has 96 valence electrons. The Bertz CT molecular complexity index is 331. The highest BCUT2D eigenvalue weighted by molar-refractivity contribution is 7.11. The van der Waals surface area contributed by atoms with Gasteiger partial charge in [0.2, 0.25) is 0 Å². The first-order valence-corrected chi connectivity index (χ1v) is 7.01. The van der Waals surface area contributed by atoms with Crippen LogP contribution in [0.15, 0.2) is 24.3 Å². The highest BCUT2D eigenvalue weighted by Crippen LogP contribution is 2.17. The van der Waals surface area contributed by atoms with E-state index in [1.165, 1.54) is 9.75 Å².